The largest absolute Gasteiger partial charge is 0.0979 e. The molecular formula is C13H23P. The highest BCUT2D eigenvalue weighted by molar-refractivity contribution is 7.23. The molecule has 0 heterocycles. The van der Waals surface area contributed by atoms with Crippen molar-refractivity contribution in [2.75, 3.05) is 0 Å². The Morgan fingerprint density at radius 2 is 1.29 bits per heavy atom. The summed E-state index contributed by atoms with van der Waals surface area (Å²) >= 11 is 0. The monoisotopic (exact) mass is 210 g/mol. The van der Waals surface area contributed by atoms with Crippen molar-refractivity contribution >= 4 is 9.24 Å². The molecule has 1 heteroatoms. The van der Waals surface area contributed by atoms with E-state index in [0.29, 0.717) is 0 Å². The molecule has 0 aromatic carbocycles. The Labute approximate surface area is 92.4 Å². The lowest BCUT2D eigenvalue weighted by molar-refractivity contribution is 0.567. The fraction of sp³-hybridized carbons (Fsp3) is 0.846. The van der Waals surface area contributed by atoms with Gasteiger partial charge in [-0.2, -0.15) is 0 Å². The third-order valence-corrected chi connectivity index (χ3v) is 2.64. The van der Waals surface area contributed by atoms with E-state index in [9.17, 15) is 0 Å². The van der Waals surface area contributed by atoms with E-state index in [4.69, 9.17) is 0 Å². The van der Waals surface area contributed by atoms with E-state index < -0.39 is 0 Å². The van der Waals surface area contributed by atoms with Crippen LogP contribution in [0.4, 0.5) is 0 Å². The number of hydrogen-bond acceptors (Lipinski definition) is 0. The van der Waals surface area contributed by atoms with Gasteiger partial charge < -0.3 is 0 Å². The maximum absolute atomic E-state index is 3.85. The molecule has 0 nitrogen and oxygen atoms in total. The average molecular weight is 210 g/mol. The maximum atomic E-state index is 3.85. The van der Waals surface area contributed by atoms with Crippen molar-refractivity contribution in [2.24, 2.45) is 0 Å². The topological polar surface area (TPSA) is 0 Å². The second kappa shape index (κ2) is 13.0. The number of unbranched alkanes of at least 4 members (excludes halogenated alkanes) is 9. The van der Waals surface area contributed by atoms with Crippen LogP contribution in [-0.4, -0.2) is 0 Å². The van der Waals surface area contributed by atoms with Crippen molar-refractivity contribution in [3.05, 3.63) is 0 Å². The minimum Gasteiger partial charge on any atom is -0.0979 e. The van der Waals surface area contributed by atoms with Crippen LogP contribution in [0.3, 0.4) is 0 Å². The van der Waals surface area contributed by atoms with Crippen LogP contribution in [-0.2, 0) is 0 Å². The summed E-state index contributed by atoms with van der Waals surface area (Å²) in [6.07, 6.45) is 13.5. The highest BCUT2D eigenvalue weighted by atomic mass is 31.0. The predicted molar refractivity (Wildman–Crippen MR) is 66.5 cm³/mol. The molecule has 0 aliphatic rings. The Kier molecular flexibility index (Phi) is 13.0. The minimum atomic E-state index is 1.03. The summed E-state index contributed by atoms with van der Waals surface area (Å²) in [4.78, 5) is 0. The Balaban J connectivity index is 2.87. The molecule has 2 radical (unpaired) electrons. The molecule has 0 amide bonds. The van der Waals surface area contributed by atoms with Crippen LogP contribution in [0.1, 0.15) is 71.1 Å². The van der Waals surface area contributed by atoms with Gasteiger partial charge in [0.25, 0.3) is 0 Å². The fourth-order valence-electron chi connectivity index (χ4n) is 1.58. The van der Waals surface area contributed by atoms with Gasteiger partial charge in [-0.15, -0.1) is 0 Å². The standard InChI is InChI=1S/C13H23P/c1-2-3-4-5-6-7-8-9-10-11-12-13-14/h2-11H2,1H3. The highest BCUT2D eigenvalue weighted by Crippen LogP contribution is 2.10. The summed E-state index contributed by atoms with van der Waals surface area (Å²) in [6.45, 7) is 2.27. The first-order valence-corrected chi connectivity index (χ1v) is 6.48. The molecular weight excluding hydrogens is 187 g/mol. The van der Waals surface area contributed by atoms with Gasteiger partial charge in [0, 0.05) is 6.42 Å². The Morgan fingerprint density at radius 3 is 1.79 bits per heavy atom. The van der Waals surface area contributed by atoms with Crippen molar-refractivity contribution in [1.29, 1.82) is 0 Å². The normalized spacial score (nSPS) is 9.57. The smallest absolute Gasteiger partial charge is 0.0586 e. The minimum absolute atomic E-state index is 1.03. The molecule has 0 aromatic heterocycles. The van der Waals surface area contributed by atoms with Crippen LogP contribution in [0.25, 0.3) is 0 Å². The molecule has 0 spiro atoms. The van der Waals surface area contributed by atoms with Crippen molar-refractivity contribution < 1.29 is 0 Å². The Morgan fingerprint density at radius 1 is 0.786 bits per heavy atom. The zero-order chi connectivity index (χ0) is 10.5. The van der Waals surface area contributed by atoms with Crippen LogP contribution in [0.2, 0.25) is 0 Å². The van der Waals surface area contributed by atoms with E-state index in [-0.39, 0.29) is 0 Å². The summed E-state index contributed by atoms with van der Waals surface area (Å²) < 4.78 is 0. The molecule has 0 atom stereocenters. The second-order valence-corrected chi connectivity index (χ2v) is 4.09. The van der Waals surface area contributed by atoms with Gasteiger partial charge in [-0.05, 0) is 6.42 Å². The van der Waals surface area contributed by atoms with Crippen LogP contribution < -0.4 is 0 Å². The first-order valence-electron chi connectivity index (χ1n) is 6.03. The van der Waals surface area contributed by atoms with E-state index in [1.54, 1.807) is 0 Å². The van der Waals surface area contributed by atoms with Gasteiger partial charge in [-0.1, -0.05) is 69.9 Å². The Bertz CT molecular complexity index is 152. The molecule has 0 N–H and O–H groups in total. The summed E-state index contributed by atoms with van der Waals surface area (Å²) in [5.41, 5.74) is 2.64. The molecule has 0 bridgehead atoms. The molecule has 0 fully saturated rings. The van der Waals surface area contributed by atoms with Crippen molar-refractivity contribution in [3.63, 3.8) is 0 Å². The first kappa shape index (κ1) is 14.0. The van der Waals surface area contributed by atoms with Crippen LogP contribution >= 0.6 is 9.24 Å². The van der Waals surface area contributed by atoms with Gasteiger partial charge in [0.05, 0.1) is 9.24 Å². The molecule has 0 saturated heterocycles. The molecule has 14 heavy (non-hydrogen) atoms. The Hall–Kier alpha value is -0.0100. The van der Waals surface area contributed by atoms with Crippen LogP contribution in [0.5, 0.6) is 0 Å². The van der Waals surface area contributed by atoms with Gasteiger partial charge >= 0.3 is 0 Å². The lowest BCUT2D eigenvalue weighted by Gasteiger charge is -1.99. The quantitative estimate of drug-likeness (QED) is 0.276. The molecule has 0 unspecified atom stereocenters. The molecule has 0 aliphatic heterocycles. The molecule has 80 valence electrons. The summed E-state index contributed by atoms with van der Waals surface area (Å²) in [6, 6.07) is 0. The summed E-state index contributed by atoms with van der Waals surface area (Å²) in [5, 5.41) is 0. The SMILES string of the molecule is CCCCCCCCCCCC#C[P]. The summed E-state index contributed by atoms with van der Waals surface area (Å²) in [5.74, 6) is 2.98. The number of rotatable bonds is 9. The maximum Gasteiger partial charge on any atom is 0.0586 e. The van der Waals surface area contributed by atoms with Crippen molar-refractivity contribution in [1.82, 2.24) is 0 Å². The van der Waals surface area contributed by atoms with E-state index in [1.165, 1.54) is 57.8 Å². The van der Waals surface area contributed by atoms with Gasteiger partial charge in [-0.3, -0.25) is 0 Å². The highest BCUT2D eigenvalue weighted by Gasteiger charge is 1.90. The van der Waals surface area contributed by atoms with E-state index in [0.717, 1.165) is 6.42 Å². The molecule has 0 aliphatic carbocycles. The molecule has 0 aromatic rings. The van der Waals surface area contributed by atoms with E-state index in [2.05, 4.69) is 27.7 Å². The summed E-state index contributed by atoms with van der Waals surface area (Å²) in [7, 11) is 3.85. The fourth-order valence-corrected chi connectivity index (χ4v) is 1.69. The van der Waals surface area contributed by atoms with E-state index in [1.807, 2.05) is 0 Å². The zero-order valence-corrected chi connectivity index (χ0v) is 10.4. The predicted octanol–water partition coefficient (Wildman–Crippen LogP) is 5.28. The first-order chi connectivity index (χ1) is 6.91. The van der Waals surface area contributed by atoms with E-state index >= 15 is 0 Å². The lowest BCUT2D eigenvalue weighted by Crippen LogP contribution is -1.80. The lowest BCUT2D eigenvalue weighted by atomic mass is 10.1. The van der Waals surface area contributed by atoms with Gasteiger partial charge in [-0.25, -0.2) is 0 Å². The molecule has 0 saturated carbocycles. The van der Waals surface area contributed by atoms with Crippen molar-refractivity contribution in [3.8, 4) is 11.6 Å². The third kappa shape index (κ3) is 12.0. The zero-order valence-electron chi connectivity index (χ0n) is 9.52. The van der Waals surface area contributed by atoms with Gasteiger partial charge in [0.1, 0.15) is 0 Å². The number of hydrogen-bond donors (Lipinski definition) is 0. The van der Waals surface area contributed by atoms with Gasteiger partial charge in [0.2, 0.25) is 0 Å². The van der Waals surface area contributed by atoms with Crippen LogP contribution in [0, 0.1) is 11.6 Å². The third-order valence-electron chi connectivity index (χ3n) is 2.48. The van der Waals surface area contributed by atoms with Crippen molar-refractivity contribution in [2.45, 2.75) is 71.1 Å². The molecule has 0 rings (SSSR count). The van der Waals surface area contributed by atoms with Gasteiger partial charge in [0.15, 0.2) is 0 Å². The average Bonchev–Trinajstić information content (AvgIpc) is 2.21. The second-order valence-electron chi connectivity index (χ2n) is 3.87. The van der Waals surface area contributed by atoms with Crippen LogP contribution in [0.15, 0.2) is 0 Å².